The van der Waals surface area contributed by atoms with Gasteiger partial charge in [0.25, 0.3) is 5.91 Å². The van der Waals surface area contributed by atoms with Gasteiger partial charge in [-0.2, -0.15) is 9.36 Å². The topological polar surface area (TPSA) is 131 Å². The van der Waals surface area contributed by atoms with Gasteiger partial charge in [-0.15, -0.1) is 0 Å². The minimum Gasteiger partial charge on any atom is -0.476 e. The highest BCUT2D eigenvalue weighted by molar-refractivity contribution is 7.09. The molecule has 1 aromatic rings. The molecule has 3 N–H and O–H groups in total. The molecule has 0 aromatic carbocycles. The molecular weight excluding hydrogens is 286 g/mol. The number of carbonyl (C=O) groups excluding carboxylic acids is 1. The van der Waals surface area contributed by atoms with Gasteiger partial charge in [0.05, 0.1) is 0 Å². The van der Waals surface area contributed by atoms with Crippen LogP contribution in [-0.4, -0.2) is 56.6 Å². The molecule has 1 amide bonds. The summed E-state index contributed by atoms with van der Waals surface area (Å²) in [5, 5.41) is 12.5. The number of likely N-dealkylation sites (N-methyl/N-ethyl adjacent to an activating group) is 1. The number of aliphatic carboxylic acids is 1. The Bertz CT molecular complexity index is 512. The van der Waals surface area contributed by atoms with Crippen LogP contribution in [0.15, 0.2) is 5.16 Å². The number of rotatable bonds is 7. The van der Waals surface area contributed by atoms with Crippen LogP contribution in [0.2, 0.25) is 0 Å². The Kier molecular flexibility index (Phi) is 5.84. The number of carboxylic acids is 1. The second-order valence-corrected chi connectivity index (χ2v) is 4.32. The van der Waals surface area contributed by atoms with Crippen LogP contribution in [0.5, 0.6) is 0 Å². The van der Waals surface area contributed by atoms with Crippen molar-refractivity contribution in [2.45, 2.75) is 13.8 Å². The maximum Gasteiger partial charge on any atom is 0.362 e. The van der Waals surface area contributed by atoms with Crippen molar-refractivity contribution in [2.75, 3.05) is 25.4 Å². The zero-order valence-corrected chi connectivity index (χ0v) is 11.9. The van der Waals surface area contributed by atoms with Crippen LogP contribution in [0.4, 0.5) is 5.13 Å². The van der Waals surface area contributed by atoms with Gasteiger partial charge in [-0.1, -0.05) is 5.16 Å². The minimum absolute atomic E-state index is 0.119. The first kappa shape index (κ1) is 15.8. The van der Waals surface area contributed by atoms with Gasteiger partial charge in [-0.25, -0.2) is 4.79 Å². The van der Waals surface area contributed by atoms with E-state index in [9.17, 15) is 9.59 Å². The van der Waals surface area contributed by atoms with Crippen molar-refractivity contribution >= 4 is 34.3 Å². The monoisotopic (exact) mass is 301 g/mol. The predicted octanol–water partition coefficient (Wildman–Crippen LogP) is -0.206. The first-order valence-corrected chi connectivity index (χ1v) is 6.57. The Balaban J connectivity index is 2.70. The summed E-state index contributed by atoms with van der Waals surface area (Å²) in [5.74, 6) is -1.79. The third-order valence-electron chi connectivity index (χ3n) is 2.32. The molecule has 0 unspecified atom stereocenters. The van der Waals surface area contributed by atoms with Crippen molar-refractivity contribution in [1.29, 1.82) is 0 Å². The molecular formula is C10H15N5O4S. The zero-order chi connectivity index (χ0) is 15.1. The van der Waals surface area contributed by atoms with Crippen LogP contribution in [0.1, 0.15) is 19.7 Å². The molecule has 0 atom stereocenters. The first-order chi connectivity index (χ1) is 9.49. The van der Waals surface area contributed by atoms with E-state index in [2.05, 4.69) is 14.5 Å². The van der Waals surface area contributed by atoms with Crippen LogP contribution in [-0.2, 0) is 14.4 Å². The van der Waals surface area contributed by atoms with Crippen LogP contribution < -0.4 is 5.73 Å². The summed E-state index contributed by atoms with van der Waals surface area (Å²) in [6.07, 6.45) is 0. The largest absolute Gasteiger partial charge is 0.476 e. The maximum absolute atomic E-state index is 11.6. The number of hydrogen-bond acceptors (Lipinski definition) is 8. The summed E-state index contributed by atoms with van der Waals surface area (Å²) in [4.78, 5) is 32.6. The number of carboxylic acid groups (broad SMARTS) is 1. The lowest BCUT2D eigenvalue weighted by Gasteiger charge is -2.17. The summed E-state index contributed by atoms with van der Waals surface area (Å²) in [6.45, 7) is 4.39. The van der Waals surface area contributed by atoms with E-state index in [0.29, 0.717) is 13.1 Å². The number of amides is 1. The highest BCUT2D eigenvalue weighted by Crippen LogP contribution is 2.07. The van der Waals surface area contributed by atoms with Crippen LogP contribution in [0.3, 0.4) is 0 Å². The van der Waals surface area contributed by atoms with Crippen molar-refractivity contribution in [3.63, 3.8) is 0 Å². The van der Waals surface area contributed by atoms with E-state index < -0.39 is 11.7 Å². The van der Waals surface area contributed by atoms with Gasteiger partial charge in [-0.05, 0) is 13.8 Å². The fraction of sp³-hybridized carbons (Fsp3) is 0.500. The normalized spacial score (nSPS) is 11.2. The van der Waals surface area contributed by atoms with E-state index in [-0.39, 0.29) is 23.5 Å². The average Bonchev–Trinajstić information content (AvgIpc) is 2.82. The lowest BCUT2D eigenvalue weighted by molar-refractivity contribution is -0.136. The van der Waals surface area contributed by atoms with Gasteiger partial charge in [0, 0.05) is 24.6 Å². The van der Waals surface area contributed by atoms with Crippen molar-refractivity contribution in [1.82, 2.24) is 14.3 Å². The Morgan fingerprint density at radius 3 is 2.55 bits per heavy atom. The highest BCUT2D eigenvalue weighted by Gasteiger charge is 2.19. The maximum atomic E-state index is 11.6. The van der Waals surface area contributed by atoms with E-state index in [1.807, 2.05) is 13.8 Å². The zero-order valence-electron chi connectivity index (χ0n) is 11.1. The van der Waals surface area contributed by atoms with E-state index in [4.69, 9.17) is 15.7 Å². The molecule has 110 valence electrons. The third kappa shape index (κ3) is 4.16. The fourth-order valence-corrected chi connectivity index (χ4v) is 1.76. The second kappa shape index (κ2) is 7.38. The molecule has 1 heterocycles. The number of hydrogen-bond donors (Lipinski definition) is 2. The first-order valence-electron chi connectivity index (χ1n) is 5.80. The summed E-state index contributed by atoms with van der Waals surface area (Å²) >= 11 is 0.844. The lowest BCUT2D eigenvalue weighted by Crippen LogP contribution is -2.33. The van der Waals surface area contributed by atoms with Gasteiger partial charge in [0.15, 0.2) is 11.7 Å². The number of aromatic nitrogens is 2. The quantitative estimate of drug-likeness (QED) is 0.526. The van der Waals surface area contributed by atoms with Gasteiger partial charge in [0.2, 0.25) is 11.5 Å². The Morgan fingerprint density at radius 2 is 2.10 bits per heavy atom. The molecule has 0 saturated carbocycles. The average molecular weight is 301 g/mol. The van der Waals surface area contributed by atoms with E-state index in [1.165, 1.54) is 4.90 Å². The Morgan fingerprint density at radius 1 is 1.45 bits per heavy atom. The smallest absolute Gasteiger partial charge is 0.362 e. The SMILES string of the molecule is CCN(CC)C(=O)CO/N=C(\C(=O)O)c1nsc(N)n1. The molecule has 1 aromatic heterocycles. The van der Waals surface area contributed by atoms with Gasteiger partial charge < -0.3 is 20.6 Å². The Labute approximate surface area is 119 Å². The highest BCUT2D eigenvalue weighted by atomic mass is 32.1. The third-order valence-corrected chi connectivity index (χ3v) is 2.86. The molecule has 0 spiro atoms. The predicted molar refractivity (Wildman–Crippen MR) is 72.4 cm³/mol. The Hall–Kier alpha value is -2.23. The van der Waals surface area contributed by atoms with E-state index in [1.54, 1.807) is 0 Å². The molecule has 9 nitrogen and oxygen atoms in total. The number of anilines is 1. The molecule has 0 radical (unpaired) electrons. The number of nitrogens with zero attached hydrogens (tertiary/aromatic N) is 4. The summed E-state index contributed by atoms with van der Waals surface area (Å²) in [5.41, 5.74) is 4.87. The standard InChI is InChI=1S/C10H15N5O4S/c1-3-15(4-2)6(16)5-19-13-7(9(17)18)8-12-10(11)20-14-8/h3-5H2,1-2H3,(H,17,18)(H2,11,12,14)/b13-7-. The van der Waals surface area contributed by atoms with Crippen molar-refractivity contribution < 1.29 is 19.5 Å². The van der Waals surface area contributed by atoms with Crippen LogP contribution in [0.25, 0.3) is 0 Å². The summed E-state index contributed by atoms with van der Waals surface area (Å²) in [7, 11) is 0. The summed E-state index contributed by atoms with van der Waals surface area (Å²) < 4.78 is 3.72. The van der Waals surface area contributed by atoms with Gasteiger partial charge in [-0.3, -0.25) is 4.79 Å². The van der Waals surface area contributed by atoms with E-state index in [0.717, 1.165) is 11.5 Å². The van der Waals surface area contributed by atoms with Crippen molar-refractivity contribution in [2.24, 2.45) is 5.16 Å². The second-order valence-electron chi connectivity index (χ2n) is 3.54. The molecule has 0 fully saturated rings. The number of nitrogens with two attached hydrogens (primary N) is 1. The molecule has 0 aliphatic rings. The molecule has 0 aliphatic carbocycles. The molecule has 0 saturated heterocycles. The van der Waals surface area contributed by atoms with E-state index >= 15 is 0 Å². The molecule has 1 rings (SSSR count). The molecule has 0 bridgehead atoms. The molecule has 20 heavy (non-hydrogen) atoms. The minimum atomic E-state index is -1.36. The molecule has 10 heteroatoms. The van der Waals surface area contributed by atoms with Crippen molar-refractivity contribution in [3.8, 4) is 0 Å². The number of nitrogen functional groups attached to an aromatic ring is 1. The lowest BCUT2D eigenvalue weighted by atomic mass is 10.4. The van der Waals surface area contributed by atoms with Crippen LogP contribution in [0, 0.1) is 0 Å². The molecule has 0 aliphatic heterocycles. The van der Waals surface area contributed by atoms with Gasteiger partial charge in [0.1, 0.15) is 0 Å². The summed E-state index contributed by atoms with van der Waals surface area (Å²) in [6, 6.07) is 0. The van der Waals surface area contributed by atoms with Crippen LogP contribution >= 0.6 is 11.5 Å². The van der Waals surface area contributed by atoms with Crippen molar-refractivity contribution in [3.05, 3.63) is 5.82 Å². The van der Waals surface area contributed by atoms with Gasteiger partial charge >= 0.3 is 5.97 Å². The fourth-order valence-electron chi connectivity index (χ4n) is 1.33. The number of oxime groups is 1. The number of carbonyl (C=O) groups is 2.